The highest BCUT2D eigenvalue weighted by Crippen LogP contribution is 2.63. The molecule has 4 aliphatic heterocycles. The van der Waals surface area contributed by atoms with Crippen molar-refractivity contribution in [3.63, 3.8) is 0 Å². The van der Waals surface area contributed by atoms with Crippen LogP contribution in [-0.2, 0) is 11.0 Å². The highest BCUT2D eigenvalue weighted by molar-refractivity contribution is 6.12. The van der Waals surface area contributed by atoms with Crippen LogP contribution in [0.3, 0.4) is 0 Å². The van der Waals surface area contributed by atoms with Crippen molar-refractivity contribution in [3.8, 4) is 28.4 Å². The minimum atomic E-state index is -0.577. The summed E-state index contributed by atoms with van der Waals surface area (Å²) < 4.78 is 12.0. The number of para-hydroxylation sites is 1. The smallest absolute Gasteiger partial charge is 0.288 e. The van der Waals surface area contributed by atoms with Gasteiger partial charge in [-0.2, -0.15) is 4.57 Å². The van der Waals surface area contributed by atoms with E-state index in [2.05, 4.69) is 180 Å². The lowest BCUT2D eigenvalue weighted by molar-refractivity contribution is -0.743. The van der Waals surface area contributed by atoms with Crippen molar-refractivity contribution in [2.75, 3.05) is 11.9 Å². The Kier molecular flexibility index (Phi) is 4.99. The molecular formula is C44H35N4O+. The molecule has 6 heterocycles. The summed E-state index contributed by atoms with van der Waals surface area (Å²) in [5.41, 5.74) is 11.7. The van der Waals surface area contributed by atoms with E-state index in [0.29, 0.717) is 0 Å². The molecule has 5 nitrogen and oxygen atoms in total. The van der Waals surface area contributed by atoms with Crippen LogP contribution in [0.5, 0.6) is 11.5 Å². The number of nitrogens with zero attached hydrogens (tertiary/aromatic N) is 4. The number of fused-ring (bicyclic) bond motifs is 7. The first-order valence-corrected chi connectivity index (χ1v) is 17.2. The van der Waals surface area contributed by atoms with Crippen LogP contribution in [0.1, 0.15) is 43.0 Å². The van der Waals surface area contributed by atoms with E-state index in [4.69, 9.17) is 4.74 Å². The monoisotopic (exact) mass is 635 g/mol. The Labute approximate surface area is 285 Å². The number of hydrogen-bond donors (Lipinski definition) is 0. The van der Waals surface area contributed by atoms with Crippen molar-refractivity contribution in [2.24, 2.45) is 0 Å². The SMILES string of the molecule is CN1C(c2ccc(-c3ccccc3)cc2)=CN2c3cccc4c3C3(c5c(ccc6c7ccccc7n(c56)-c5cc(C(C)(C)C)cc[n+]53)O4)C12. The minimum absolute atomic E-state index is 0.0112. The van der Waals surface area contributed by atoms with E-state index in [0.717, 1.165) is 11.5 Å². The molecule has 4 aliphatic rings. The van der Waals surface area contributed by atoms with Gasteiger partial charge < -0.3 is 14.5 Å². The lowest BCUT2D eigenvalue weighted by atomic mass is 9.76. The largest absolute Gasteiger partial charge is 0.456 e. The molecule has 236 valence electrons. The standard InChI is InChI=1S/C44H35N4O/c1-43(2,3)30-23-24-47-38(25-30)48-33-14-9-8-13-31(33)32-21-22-37-40(41(32)48)44(47)39-34(15-10-16-36(39)49-37)46-26-35(45(4)42(44)46)29-19-17-28(18-20-29)27-11-6-5-7-12-27/h5-26,42H,1-4H3/q+1. The number of hydrogen-bond acceptors (Lipinski definition) is 3. The molecule has 5 aromatic carbocycles. The summed E-state index contributed by atoms with van der Waals surface area (Å²) in [5, 5.41) is 2.52. The molecule has 49 heavy (non-hydrogen) atoms. The number of ether oxygens (including phenoxy) is 1. The number of pyridine rings is 1. The molecule has 11 rings (SSSR count). The number of anilines is 1. The Morgan fingerprint density at radius 3 is 2.24 bits per heavy atom. The van der Waals surface area contributed by atoms with Crippen LogP contribution in [0.25, 0.3) is 44.4 Å². The maximum atomic E-state index is 6.89. The third kappa shape index (κ3) is 3.23. The van der Waals surface area contributed by atoms with Crippen LogP contribution in [0, 0.1) is 0 Å². The predicted octanol–water partition coefficient (Wildman–Crippen LogP) is 9.34. The van der Waals surface area contributed by atoms with E-state index < -0.39 is 5.54 Å². The summed E-state index contributed by atoms with van der Waals surface area (Å²) in [6, 6.07) is 44.3. The van der Waals surface area contributed by atoms with Gasteiger partial charge >= 0.3 is 0 Å². The van der Waals surface area contributed by atoms with Gasteiger partial charge in [-0.3, -0.25) is 0 Å². The Morgan fingerprint density at radius 1 is 0.694 bits per heavy atom. The first-order valence-electron chi connectivity index (χ1n) is 17.2. The van der Waals surface area contributed by atoms with Gasteiger partial charge in [0.1, 0.15) is 17.0 Å². The second-order valence-electron chi connectivity index (χ2n) is 14.9. The maximum Gasteiger partial charge on any atom is 0.288 e. The molecule has 2 aromatic heterocycles. The van der Waals surface area contributed by atoms with Gasteiger partial charge in [0.05, 0.1) is 28.7 Å². The Hall–Kier alpha value is -5.81. The fourth-order valence-corrected chi connectivity index (χ4v) is 9.26. The maximum absolute atomic E-state index is 6.89. The van der Waals surface area contributed by atoms with E-state index in [-0.39, 0.29) is 11.6 Å². The van der Waals surface area contributed by atoms with Gasteiger partial charge in [0.25, 0.3) is 5.82 Å². The molecule has 0 bridgehead atoms. The average molecular weight is 636 g/mol. The zero-order valence-electron chi connectivity index (χ0n) is 28.0. The molecular weight excluding hydrogens is 601 g/mol. The van der Waals surface area contributed by atoms with Gasteiger partial charge in [-0.15, -0.1) is 0 Å². The molecule has 0 saturated carbocycles. The summed E-state index contributed by atoms with van der Waals surface area (Å²) in [4.78, 5) is 5.01. The van der Waals surface area contributed by atoms with Crippen LogP contribution in [0.4, 0.5) is 5.69 Å². The predicted molar refractivity (Wildman–Crippen MR) is 196 cm³/mol. The van der Waals surface area contributed by atoms with E-state index in [1.54, 1.807) is 0 Å². The van der Waals surface area contributed by atoms with Gasteiger partial charge in [-0.05, 0) is 70.1 Å². The van der Waals surface area contributed by atoms with E-state index in [9.17, 15) is 0 Å². The molecule has 0 aliphatic carbocycles. The number of aromatic nitrogens is 2. The molecule has 7 aromatic rings. The summed E-state index contributed by atoms with van der Waals surface area (Å²) in [5.74, 6) is 3.04. The molecule has 0 saturated heterocycles. The molecule has 5 heteroatoms. The van der Waals surface area contributed by atoms with Crippen LogP contribution in [0.15, 0.2) is 134 Å². The van der Waals surface area contributed by atoms with Crippen molar-refractivity contribution in [3.05, 3.63) is 156 Å². The average Bonchev–Trinajstić information content (AvgIpc) is 3.75. The van der Waals surface area contributed by atoms with Crippen LogP contribution in [-0.4, -0.2) is 22.7 Å². The summed E-state index contributed by atoms with van der Waals surface area (Å²) in [7, 11) is 2.27. The second kappa shape index (κ2) is 9.00. The lowest BCUT2D eigenvalue weighted by Crippen LogP contribution is -2.70. The van der Waals surface area contributed by atoms with E-state index >= 15 is 0 Å². The first kappa shape index (κ1) is 27.2. The summed E-state index contributed by atoms with van der Waals surface area (Å²) in [6.45, 7) is 6.91. The quantitative estimate of drug-likeness (QED) is 0.177. The Balaban J connectivity index is 1.21. The van der Waals surface area contributed by atoms with Crippen molar-refractivity contribution in [1.29, 1.82) is 0 Å². The zero-order chi connectivity index (χ0) is 32.8. The van der Waals surface area contributed by atoms with Gasteiger partial charge in [0, 0.05) is 30.1 Å². The first-order chi connectivity index (χ1) is 23.9. The fraction of sp³-hybridized carbons (Fsp3) is 0.159. The third-order valence-corrected chi connectivity index (χ3v) is 11.4. The normalized spacial score (nSPS) is 19.5. The van der Waals surface area contributed by atoms with Gasteiger partial charge in [-0.1, -0.05) is 93.6 Å². The van der Waals surface area contributed by atoms with Crippen molar-refractivity contribution < 1.29 is 9.30 Å². The zero-order valence-corrected chi connectivity index (χ0v) is 28.0. The van der Waals surface area contributed by atoms with E-state index in [1.807, 2.05) is 0 Å². The molecule has 1 spiro atoms. The van der Waals surface area contributed by atoms with Gasteiger partial charge in [0.15, 0.2) is 11.7 Å². The molecule has 0 amide bonds. The van der Waals surface area contributed by atoms with Gasteiger partial charge in [-0.25, -0.2) is 4.57 Å². The minimum Gasteiger partial charge on any atom is -0.456 e. The molecule has 2 unspecified atom stereocenters. The summed E-state index contributed by atoms with van der Waals surface area (Å²) in [6.07, 6.45) is 4.65. The molecule has 0 N–H and O–H groups in total. The topological polar surface area (TPSA) is 24.5 Å². The van der Waals surface area contributed by atoms with Crippen LogP contribution >= 0.6 is 0 Å². The summed E-state index contributed by atoms with van der Waals surface area (Å²) >= 11 is 0. The molecule has 0 fully saturated rings. The molecule has 2 atom stereocenters. The van der Waals surface area contributed by atoms with Gasteiger partial charge in [0.2, 0.25) is 5.54 Å². The van der Waals surface area contributed by atoms with Crippen molar-refractivity contribution >= 4 is 33.2 Å². The van der Waals surface area contributed by atoms with Crippen molar-refractivity contribution in [2.45, 2.75) is 37.9 Å². The lowest BCUT2D eigenvalue weighted by Gasteiger charge is -2.44. The highest BCUT2D eigenvalue weighted by atomic mass is 16.5. The fourth-order valence-electron chi connectivity index (χ4n) is 9.26. The van der Waals surface area contributed by atoms with Crippen LogP contribution < -0.4 is 14.2 Å². The van der Waals surface area contributed by atoms with Crippen molar-refractivity contribution in [1.82, 2.24) is 9.47 Å². The number of rotatable bonds is 2. The number of benzene rings is 5. The highest BCUT2D eigenvalue weighted by Gasteiger charge is 2.68. The Bertz CT molecular complexity index is 2590. The second-order valence-corrected chi connectivity index (χ2v) is 14.9. The Morgan fingerprint density at radius 2 is 1.43 bits per heavy atom. The van der Waals surface area contributed by atoms with E-state index in [1.165, 1.54) is 72.4 Å². The number of likely N-dealkylation sites (N-methyl/N-ethyl adjacent to an activating group) is 1. The van der Waals surface area contributed by atoms with Crippen LogP contribution in [0.2, 0.25) is 0 Å². The molecule has 0 radical (unpaired) electrons. The third-order valence-electron chi connectivity index (χ3n) is 11.4.